The van der Waals surface area contributed by atoms with E-state index in [1.54, 1.807) is 24.3 Å². The van der Waals surface area contributed by atoms with Gasteiger partial charge in [0.05, 0.1) is 10.1 Å². The summed E-state index contributed by atoms with van der Waals surface area (Å²) in [6.45, 7) is 0. The molecule has 1 fully saturated rings. The molecule has 0 heterocycles. The summed E-state index contributed by atoms with van der Waals surface area (Å²) in [6, 6.07) is 13.0. The Balaban J connectivity index is 1.97. The van der Waals surface area contributed by atoms with Crippen molar-refractivity contribution in [1.29, 1.82) is 0 Å². The average molecular weight is 355 g/mol. The molecular formula is C16H12Cl2O3S. The van der Waals surface area contributed by atoms with E-state index in [2.05, 4.69) is 0 Å². The van der Waals surface area contributed by atoms with Crippen molar-refractivity contribution in [3.8, 4) is 0 Å². The van der Waals surface area contributed by atoms with E-state index in [9.17, 15) is 13.2 Å². The summed E-state index contributed by atoms with van der Waals surface area (Å²) in [5.74, 6) is -0.893. The molecule has 1 aliphatic rings. The van der Waals surface area contributed by atoms with Crippen molar-refractivity contribution in [1.82, 2.24) is 0 Å². The molecule has 0 spiro atoms. The minimum absolute atomic E-state index is 0.179. The molecule has 0 saturated heterocycles. The first kappa shape index (κ1) is 15.5. The van der Waals surface area contributed by atoms with Crippen LogP contribution in [-0.2, 0) is 14.6 Å². The molecule has 22 heavy (non-hydrogen) atoms. The summed E-state index contributed by atoms with van der Waals surface area (Å²) in [7, 11) is -3.59. The summed E-state index contributed by atoms with van der Waals surface area (Å²) in [5, 5.41) is 0.245. The second-order valence-corrected chi connectivity index (χ2v) is 8.24. The molecule has 0 N–H and O–H groups in total. The van der Waals surface area contributed by atoms with Crippen LogP contribution in [0.25, 0.3) is 0 Å². The van der Waals surface area contributed by atoms with Crippen LogP contribution in [0.15, 0.2) is 53.4 Å². The van der Waals surface area contributed by atoms with Crippen molar-refractivity contribution in [2.75, 3.05) is 0 Å². The minimum Gasteiger partial charge on any atom is -0.303 e. The van der Waals surface area contributed by atoms with Crippen LogP contribution >= 0.6 is 23.2 Å². The van der Waals surface area contributed by atoms with Gasteiger partial charge >= 0.3 is 0 Å². The lowest BCUT2D eigenvalue weighted by atomic mass is 10.1. The second kappa shape index (κ2) is 5.69. The SMILES string of the molecule is O=C[C@H]1[C@H](c2cccc(Cl)c2)[C@@H]1S(=O)(=O)c1ccc(Cl)cc1. The number of hydrogen-bond donors (Lipinski definition) is 0. The number of carbonyl (C=O) groups excluding carboxylic acids is 1. The molecule has 2 aromatic carbocycles. The van der Waals surface area contributed by atoms with Gasteiger partial charge in [-0.05, 0) is 42.0 Å². The van der Waals surface area contributed by atoms with Crippen molar-refractivity contribution in [3.05, 3.63) is 64.1 Å². The molecule has 6 heteroatoms. The molecule has 0 unspecified atom stereocenters. The Morgan fingerprint density at radius 3 is 2.23 bits per heavy atom. The van der Waals surface area contributed by atoms with Gasteiger partial charge in [0, 0.05) is 21.9 Å². The Morgan fingerprint density at radius 1 is 0.955 bits per heavy atom. The average Bonchev–Trinajstić information content (AvgIpc) is 3.23. The Kier molecular flexibility index (Phi) is 4.02. The molecule has 1 saturated carbocycles. The van der Waals surface area contributed by atoms with Crippen LogP contribution in [0.5, 0.6) is 0 Å². The highest BCUT2D eigenvalue weighted by atomic mass is 35.5. The summed E-state index contributed by atoms with van der Waals surface area (Å²) in [6.07, 6.45) is 0.712. The predicted octanol–water partition coefficient (Wildman–Crippen LogP) is 3.75. The topological polar surface area (TPSA) is 51.2 Å². The number of hydrogen-bond acceptors (Lipinski definition) is 3. The van der Waals surface area contributed by atoms with Gasteiger partial charge in [-0.15, -0.1) is 0 Å². The zero-order valence-electron chi connectivity index (χ0n) is 11.3. The fourth-order valence-corrected chi connectivity index (χ4v) is 5.21. The number of benzene rings is 2. The van der Waals surface area contributed by atoms with Gasteiger partial charge in [0.25, 0.3) is 0 Å². The van der Waals surface area contributed by atoms with Crippen LogP contribution in [-0.4, -0.2) is 20.0 Å². The van der Waals surface area contributed by atoms with Gasteiger partial charge in [0.2, 0.25) is 0 Å². The third-order valence-electron chi connectivity index (χ3n) is 3.90. The van der Waals surface area contributed by atoms with Gasteiger partial charge in [0.15, 0.2) is 9.84 Å². The molecule has 114 valence electrons. The van der Waals surface area contributed by atoms with Gasteiger partial charge in [0.1, 0.15) is 6.29 Å². The predicted molar refractivity (Wildman–Crippen MR) is 86.2 cm³/mol. The third kappa shape index (κ3) is 2.67. The van der Waals surface area contributed by atoms with Gasteiger partial charge in [-0.3, -0.25) is 0 Å². The molecule has 0 aromatic heterocycles. The summed E-state index contributed by atoms with van der Waals surface area (Å²) in [5.41, 5.74) is 0.770. The first-order chi connectivity index (χ1) is 10.4. The first-order valence-electron chi connectivity index (χ1n) is 6.65. The van der Waals surface area contributed by atoms with E-state index in [0.717, 1.165) is 5.56 Å². The number of carbonyl (C=O) groups is 1. The lowest BCUT2D eigenvalue weighted by molar-refractivity contribution is -0.108. The van der Waals surface area contributed by atoms with Crippen LogP contribution in [0.4, 0.5) is 0 Å². The Labute approximate surface area is 138 Å². The fourth-order valence-electron chi connectivity index (χ4n) is 2.77. The molecule has 0 amide bonds. The highest BCUT2D eigenvalue weighted by Gasteiger charge is 2.59. The van der Waals surface area contributed by atoms with Crippen molar-refractivity contribution in [2.24, 2.45) is 5.92 Å². The van der Waals surface area contributed by atoms with Gasteiger partial charge in [-0.25, -0.2) is 8.42 Å². The van der Waals surface area contributed by atoms with E-state index in [0.29, 0.717) is 16.3 Å². The highest BCUT2D eigenvalue weighted by molar-refractivity contribution is 7.92. The third-order valence-corrected chi connectivity index (χ3v) is 6.64. The zero-order valence-corrected chi connectivity index (χ0v) is 13.6. The Hall–Kier alpha value is -1.36. The van der Waals surface area contributed by atoms with Crippen LogP contribution in [0.3, 0.4) is 0 Å². The molecule has 3 nitrogen and oxygen atoms in total. The lowest BCUT2D eigenvalue weighted by Crippen LogP contribution is -2.11. The van der Waals surface area contributed by atoms with E-state index >= 15 is 0 Å². The van der Waals surface area contributed by atoms with E-state index in [1.807, 2.05) is 0 Å². The molecule has 0 radical (unpaired) electrons. The van der Waals surface area contributed by atoms with Crippen molar-refractivity contribution in [3.63, 3.8) is 0 Å². The van der Waals surface area contributed by atoms with Crippen LogP contribution < -0.4 is 0 Å². The molecule has 3 rings (SSSR count). The fraction of sp³-hybridized carbons (Fsp3) is 0.188. The molecular weight excluding hydrogens is 343 g/mol. The summed E-state index contributed by atoms with van der Waals surface area (Å²) >= 11 is 11.7. The standard InChI is InChI=1S/C16H12Cl2O3S/c17-11-4-6-13(7-5-11)22(20,21)16-14(9-19)15(16)10-2-1-3-12(18)8-10/h1-9,14-16H/t14-,15-,16+/m0/s1. The van der Waals surface area contributed by atoms with Crippen LogP contribution in [0.1, 0.15) is 11.5 Å². The summed E-state index contributed by atoms with van der Waals surface area (Å²) in [4.78, 5) is 11.4. The van der Waals surface area contributed by atoms with E-state index < -0.39 is 21.0 Å². The number of rotatable bonds is 4. The molecule has 2 aromatic rings. The monoisotopic (exact) mass is 354 g/mol. The lowest BCUT2D eigenvalue weighted by Gasteiger charge is -2.04. The van der Waals surface area contributed by atoms with Gasteiger partial charge in [-0.2, -0.15) is 0 Å². The smallest absolute Gasteiger partial charge is 0.182 e. The second-order valence-electron chi connectivity index (χ2n) is 5.26. The zero-order chi connectivity index (χ0) is 15.9. The summed E-state index contributed by atoms with van der Waals surface area (Å²) < 4.78 is 25.4. The highest BCUT2D eigenvalue weighted by Crippen LogP contribution is 2.53. The van der Waals surface area contributed by atoms with Crippen molar-refractivity contribution >= 4 is 39.3 Å². The number of sulfone groups is 1. The van der Waals surface area contributed by atoms with E-state index in [1.165, 1.54) is 24.3 Å². The van der Waals surface area contributed by atoms with Crippen molar-refractivity contribution in [2.45, 2.75) is 16.1 Å². The van der Waals surface area contributed by atoms with E-state index in [-0.39, 0.29) is 10.8 Å². The molecule has 3 atom stereocenters. The van der Waals surface area contributed by atoms with Crippen LogP contribution in [0.2, 0.25) is 10.0 Å². The van der Waals surface area contributed by atoms with Gasteiger partial charge in [-0.1, -0.05) is 35.3 Å². The minimum atomic E-state index is -3.59. The quantitative estimate of drug-likeness (QED) is 0.785. The number of halogens is 2. The first-order valence-corrected chi connectivity index (χ1v) is 8.95. The Morgan fingerprint density at radius 2 is 1.64 bits per heavy atom. The van der Waals surface area contributed by atoms with Crippen molar-refractivity contribution < 1.29 is 13.2 Å². The molecule has 0 aliphatic heterocycles. The van der Waals surface area contributed by atoms with Gasteiger partial charge < -0.3 is 4.79 Å². The normalized spacial score (nSPS) is 24.0. The maximum absolute atomic E-state index is 12.7. The Bertz CT molecular complexity index is 816. The van der Waals surface area contributed by atoms with Crippen LogP contribution in [0, 0.1) is 5.92 Å². The van der Waals surface area contributed by atoms with E-state index in [4.69, 9.17) is 23.2 Å². The maximum atomic E-state index is 12.7. The number of aldehydes is 1. The largest absolute Gasteiger partial charge is 0.303 e. The maximum Gasteiger partial charge on any atom is 0.182 e. The molecule has 0 bridgehead atoms. The molecule has 1 aliphatic carbocycles.